The Labute approximate surface area is 94.4 Å². The summed E-state index contributed by atoms with van der Waals surface area (Å²) in [5.41, 5.74) is 1.09. The van der Waals surface area contributed by atoms with Crippen LogP contribution in [-0.4, -0.2) is 20.7 Å². The van der Waals surface area contributed by atoms with Crippen molar-refractivity contribution in [2.45, 2.75) is 13.3 Å². The number of halogens is 2. The lowest BCUT2D eigenvalue weighted by atomic mass is 10.1. The first-order valence-corrected chi connectivity index (χ1v) is 5.15. The summed E-state index contributed by atoms with van der Waals surface area (Å²) in [5, 5.41) is 3.43. The van der Waals surface area contributed by atoms with Gasteiger partial charge in [-0.1, -0.05) is 11.6 Å². The highest BCUT2D eigenvalue weighted by Gasteiger charge is 2.15. The van der Waals surface area contributed by atoms with E-state index < -0.39 is 0 Å². The number of hydrogen-bond donors (Lipinski definition) is 1. The van der Waals surface area contributed by atoms with Crippen LogP contribution in [-0.2, 0) is 6.42 Å². The minimum Gasteiger partial charge on any atom is -0.495 e. The molecule has 1 aromatic carbocycles. The van der Waals surface area contributed by atoms with Crippen LogP contribution < -0.4 is 10.1 Å². The lowest BCUT2D eigenvalue weighted by Gasteiger charge is -2.13. The second-order valence-corrected chi connectivity index (χ2v) is 3.76. The molecular formula is C11H15ClFNO. The zero-order valence-electron chi connectivity index (χ0n) is 9.16. The first kappa shape index (κ1) is 12.3. The number of nitrogens with one attached hydrogen (secondary N) is 1. The van der Waals surface area contributed by atoms with E-state index in [2.05, 4.69) is 5.32 Å². The van der Waals surface area contributed by atoms with Crippen LogP contribution in [0.4, 0.5) is 4.39 Å². The van der Waals surface area contributed by atoms with Crippen LogP contribution in [0.25, 0.3) is 0 Å². The van der Waals surface area contributed by atoms with Crippen molar-refractivity contribution in [3.63, 3.8) is 0 Å². The molecule has 0 unspecified atom stereocenters. The van der Waals surface area contributed by atoms with Gasteiger partial charge in [0.1, 0.15) is 11.6 Å². The number of benzene rings is 1. The second kappa shape index (κ2) is 5.33. The fourth-order valence-electron chi connectivity index (χ4n) is 1.49. The maximum atomic E-state index is 13.8. The van der Waals surface area contributed by atoms with Gasteiger partial charge >= 0.3 is 0 Å². The number of rotatable bonds is 4. The molecule has 4 heteroatoms. The highest BCUT2D eigenvalue weighted by molar-refractivity contribution is 6.32. The van der Waals surface area contributed by atoms with Gasteiger partial charge in [-0.05, 0) is 38.6 Å². The van der Waals surface area contributed by atoms with Crippen LogP contribution in [0.5, 0.6) is 5.75 Å². The third-order valence-corrected chi connectivity index (χ3v) is 2.56. The smallest absolute Gasteiger partial charge is 0.143 e. The zero-order valence-corrected chi connectivity index (χ0v) is 9.91. The van der Waals surface area contributed by atoms with E-state index >= 15 is 0 Å². The average Bonchev–Trinajstić information content (AvgIpc) is 2.21. The van der Waals surface area contributed by atoms with E-state index in [0.29, 0.717) is 34.9 Å². The predicted octanol–water partition coefficient (Wildman–Crippen LogP) is 2.56. The molecule has 0 aliphatic carbocycles. The van der Waals surface area contributed by atoms with Crippen molar-refractivity contribution in [3.05, 3.63) is 28.0 Å². The largest absolute Gasteiger partial charge is 0.495 e. The quantitative estimate of drug-likeness (QED) is 0.860. The van der Waals surface area contributed by atoms with Gasteiger partial charge < -0.3 is 10.1 Å². The van der Waals surface area contributed by atoms with Crippen molar-refractivity contribution in [1.82, 2.24) is 5.32 Å². The molecule has 0 radical (unpaired) electrons. The molecule has 15 heavy (non-hydrogen) atoms. The Bertz CT molecular complexity index is 355. The van der Waals surface area contributed by atoms with Crippen molar-refractivity contribution in [3.8, 4) is 5.75 Å². The molecule has 84 valence electrons. The van der Waals surface area contributed by atoms with E-state index in [1.807, 2.05) is 7.05 Å². The molecule has 0 spiro atoms. The van der Waals surface area contributed by atoms with E-state index in [0.717, 1.165) is 0 Å². The molecule has 0 heterocycles. The molecule has 0 aliphatic heterocycles. The van der Waals surface area contributed by atoms with E-state index in [1.54, 1.807) is 13.0 Å². The Morgan fingerprint density at radius 2 is 2.20 bits per heavy atom. The summed E-state index contributed by atoms with van der Waals surface area (Å²) >= 11 is 5.97. The second-order valence-electron chi connectivity index (χ2n) is 3.35. The van der Waals surface area contributed by atoms with Gasteiger partial charge in [-0.2, -0.15) is 0 Å². The maximum Gasteiger partial charge on any atom is 0.143 e. The molecular weight excluding hydrogens is 217 g/mol. The number of aryl methyl sites for hydroxylation is 1. The summed E-state index contributed by atoms with van der Waals surface area (Å²) in [5.74, 6) is 0.210. The summed E-state index contributed by atoms with van der Waals surface area (Å²) < 4.78 is 18.9. The summed E-state index contributed by atoms with van der Waals surface area (Å²) in [6.07, 6.45) is 0.562. The number of hydrogen-bond acceptors (Lipinski definition) is 2. The van der Waals surface area contributed by atoms with Gasteiger partial charge in [0.2, 0.25) is 0 Å². The summed E-state index contributed by atoms with van der Waals surface area (Å²) in [6.45, 7) is 2.39. The minimum atomic E-state index is -0.230. The Kier molecular flexibility index (Phi) is 4.36. The number of methoxy groups -OCH3 is 1. The van der Waals surface area contributed by atoms with Crippen LogP contribution in [0.3, 0.4) is 0 Å². The van der Waals surface area contributed by atoms with Crippen LogP contribution in [0.2, 0.25) is 5.02 Å². The first-order chi connectivity index (χ1) is 7.11. The van der Waals surface area contributed by atoms with Gasteiger partial charge in [-0.3, -0.25) is 0 Å². The monoisotopic (exact) mass is 231 g/mol. The summed E-state index contributed by atoms with van der Waals surface area (Å²) in [6, 6.07) is 1.58. The zero-order chi connectivity index (χ0) is 11.4. The van der Waals surface area contributed by atoms with Gasteiger partial charge in [0.25, 0.3) is 0 Å². The van der Waals surface area contributed by atoms with E-state index in [1.165, 1.54) is 7.11 Å². The number of ether oxygens (including phenoxy) is 1. The molecule has 0 amide bonds. The molecule has 0 aromatic heterocycles. The molecule has 0 aliphatic rings. The van der Waals surface area contributed by atoms with Crippen molar-refractivity contribution in [2.24, 2.45) is 0 Å². The highest BCUT2D eigenvalue weighted by atomic mass is 35.5. The minimum absolute atomic E-state index is 0.230. The molecule has 0 bridgehead atoms. The molecule has 2 nitrogen and oxygen atoms in total. The topological polar surface area (TPSA) is 21.3 Å². The standard InChI is InChI=1S/C11H15ClFNO/c1-7-6-9(12)11(15-3)8(10(7)13)4-5-14-2/h6,14H,4-5H2,1-3H3. The lowest BCUT2D eigenvalue weighted by molar-refractivity contribution is 0.404. The SMILES string of the molecule is CNCCc1c(F)c(C)cc(Cl)c1OC. The Morgan fingerprint density at radius 3 is 2.73 bits per heavy atom. The molecule has 1 aromatic rings. The predicted molar refractivity (Wildman–Crippen MR) is 60.3 cm³/mol. The average molecular weight is 232 g/mol. The molecule has 1 rings (SSSR count). The van der Waals surface area contributed by atoms with Crippen molar-refractivity contribution < 1.29 is 9.13 Å². The molecule has 0 atom stereocenters. The van der Waals surface area contributed by atoms with E-state index in [9.17, 15) is 4.39 Å². The van der Waals surface area contributed by atoms with Crippen molar-refractivity contribution >= 4 is 11.6 Å². The molecule has 0 saturated heterocycles. The van der Waals surface area contributed by atoms with Crippen LogP contribution >= 0.6 is 11.6 Å². The number of likely N-dealkylation sites (N-methyl/N-ethyl adjacent to an activating group) is 1. The Balaban J connectivity index is 3.18. The third-order valence-electron chi connectivity index (χ3n) is 2.27. The lowest BCUT2D eigenvalue weighted by Crippen LogP contribution is -2.12. The van der Waals surface area contributed by atoms with E-state index in [-0.39, 0.29) is 5.82 Å². The van der Waals surface area contributed by atoms with Crippen molar-refractivity contribution in [2.75, 3.05) is 20.7 Å². The van der Waals surface area contributed by atoms with Crippen molar-refractivity contribution in [1.29, 1.82) is 0 Å². The van der Waals surface area contributed by atoms with Gasteiger partial charge in [-0.25, -0.2) is 4.39 Å². The van der Waals surface area contributed by atoms with E-state index in [4.69, 9.17) is 16.3 Å². The van der Waals surface area contributed by atoms with Gasteiger partial charge in [-0.15, -0.1) is 0 Å². The fourth-order valence-corrected chi connectivity index (χ4v) is 1.85. The fraction of sp³-hybridized carbons (Fsp3) is 0.455. The van der Waals surface area contributed by atoms with Gasteiger partial charge in [0.05, 0.1) is 12.1 Å². The summed E-state index contributed by atoms with van der Waals surface area (Å²) in [4.78, 5) is 0. The molecule has 0 saturated carbocycles. The Morgan fingerprint density at radius 1 is 1.53 bits per heavy atom. The highest BCUT2D eigenvalue weighted by Crippen LogP contribution is 2.32. The summed E-state index contributed by atoms with van der Waals surface area (Å²) in [7, 11) is 3.32. The third kappa shape index (κ3) is 2.61. The first-order valence-electron chi connectivity index (χ1n) is 4.77. The molecule has 1 N–H and O–H groups in total. The Hall–Kier alpha value is -0.800. The van der Waals surface area contributed by atoms with Gasteiger partial charge in [0, 0.05) is 5.56 Å². The maximum absolute atomic E-state index is 13.8. The van der Waals surface area contributed by atoms with Gasteiger partial charge in [0.15, 0.2) is 0 Å². The van der Waals surface area contributed by atoms with Crippen LogP contribution in [0.1, 0.15) is 11.1 Å². The van der Waals surface area contributed by atoms with Crippen LogP contribution in [0.15, 0.2) is 6.07 Å². The normalized spacial score (nSPS) is 10.5. The molecule has 0 fully saturated rings. The van der Waals surface area contributed by atoms with Crippen LogP contribution in [0, 0.1) is 12.7 Å².